The van der Waals surface area contributed by atoms with Crippen LogP contribution in [0, 0.1) is 28.6 Å². The zero-order valence-electron chi connectivity index (χ0n) is 5.95. The van der Waals surface area contributed by atoms with Crippen molar-refractivity contribution in [1.82, 2.24) is 0 Å². The molecule has 0 aliphatic rings. The van der Waals surface area contributed by atoms with Crippen LogP contribution in [-0.2, 0) is 4.79 Å². The number of nitrogens with zero attached hydrogens (tertiary/aromatic N) is 2. The molecule has 0 aliphatic carbocycles. The number of carboxylic acid groups (broad SMARTS) is 1. The molecule has 1 N–H and O–H groups in total. The van der Waals surface area contributed by atoms with Gasteiger partial charge in [0, 0.05) is 6.42 Å². The van der Waals surface area contributed by atoms with Crippen LogP contribution < -0.4 is 0 Å². The quantitative estimate of drug-likeness (QED) is 0.648. The number of hydrogen-bond donors (Lipinski definition) is 1. The minimum Gasteiger partial charge on any atom is -0.481 e. The molecule has 0 amide bonds. The fraction of sp³-hybridized carbons (Fsp3) is 0.571. The number of carbonyl (C=O) groups is 1. The maximum Gasteiger partial charge on any atom is 0.304 e. The number of rotatable bonds is 4. The molecule has 1 atom stereocenters. The summed E-state index contributed by atoms with van der Waals surface area (Å²) in [4.78, 5) is 10.1. The Labute approximate surface area is 64.7 Å². The van der Waals surface area contributed by atoms with Crippen molar-refractivity contribution in [3.05, 3.63) is 0 Å². The molecule has 4 nitrogen and oxygen atoms in total. The monoisotopic (exact) mass is 152 g/mol. The van der Waals surface area contributed by atoms with Gasteiger partial charge in [-0.05, 0) is 6.42 Å². The summed E-state index contributed by atoms with van der Waals surface area (Å²) < 4.78 is 0. The molecule has 4 heteroatoms. The van der Waals surface area contributed by atoms with E-state index < -0.39 is 11.9 Å². The summed E-state index contributed by atoms with van der Waals surface area (Å²) >= 11 is 0. The van der Waals surface area contributed by atoms with Gasteiger partial charge in [0.2, 0.25) is 0 Å². The van der Waals surface area contributed by atoms with Gasteiger partial charge in [-0.3, -0.25) is 4.79 Å². The molecular weight excluding hydrogens is 144 g/mol. The van der Waals surface area contributed by atoms with Gasteiger partial charge in [0.05, 0.1) is 24.5 Å². The van der Waals surface area contributed by atoms with E-state index in [0.717, 1.165) is 0 Å². The maximum absolute atomic E-state index is 10.1. The van der Waals surface area contributed by atoms with Crippen LogP contribution in [0.5, 0.6) is 0 Å². The van der Waals surface area contributed by atoms with Gasteiger partial charge in [-0.25, -0.2) is 0 Å². The van der Waals surface area contributed by atoms with Gasteiger partial charge in [-0.1, -0.05) is 0 Å². The standard InChI is InChI=1S/C7H8N2O2/c8-3-1-2-6(5-9)4-7(10)11/h6H,1-2,4H2,(H,10,11). The van der Waals surface area contributed by atoms with E-state index in [1.165, 1.54) is 0 Å². The van der Waals surface area contributed by atoms with Gasteiger partial charge in [-0.2, -0.15) is 10.5 Å². The fourth-order valence-electron chi connectivity index (χ4n) is 0.662. The molecule has 0 spiro atoms. The fourth-order valence-corrected chi connectivity index (χ4v) is 0.662. The zero-order valence-corrected chi connectivity index (χ0v) is 5.95. The molecule has 1 unspecified atom stereocenters. The molecule has 0 heterocycles. The lowest BCUT2D eigenvalue weighted by molar-refractivity contribution is -0.137. The molecule has 0 rings (SSSR count). The average Bonchev–Trinajstić information content (AvgIpc) is 1.97. The summed E-state index contributed by atoms with van der Waals surface area (Å²) in [5, 5.41) is 24.8. The summed E-state index contributed by atoms with van der Waals surface area (Å²) in [6, 6.07) is 3.70. The second kappa shape index (κ2) is 5.25. The van der Waals surface area contributed by atoms with Crippen LogP contribution in [0.4, 0.5) is 0 Å². The first kappa shape index (κ1) is 9.45. The minimum absolute atomic E-state index is 0.168. The highest BCUT2D eigenvalue weighted by molar-refractivity contribution is 5.67. The summed E-state index contributed by atoms with van der Waals surface area (Å²) in [7, 11) is 0. The Morgan fingerprint density at radius 2 is 2.18 bits per heavy atom. The molecule has 0 aromatic heterocycles. The Hall–Kier alpha value is -1.55. The van der Waals surface area contributed by atoms with Crippen molar-refractivity contribution in [3.63, 3.8) is 0 Å². The van der Waals surface area contributed by atoms with Gasteiger partial charge in [-0.15, -0.1) is 0 Å². The largest absolute Gasteiger partial charge is 0.481 e. The van der Waals surface area contributed by atoms with Crippen molar-refractivity contribution in [2.24, 2.45) is 5.92 Å². The Kier molecular flexibility index (Phi) is 4.51. The first-order valence-corrected chi connectivity index (χ1v) is 3.19. The van der Waals surface area contributed by atoms with E-state index in [9.17, 15) is 4.79 Å². The molecule has 0 saturated heterocycles. The minimum atomic E-state index is -0.991. The maximum atomic E-state index is 10.1. The summed E-state index contributed by atoms with van der Waals surface area (Å²) in [6.07, 6.45) is 0.420. The summed E-state index contributed by atoms with van der Waals surface area (Å²) in [6.45, 7) is 0. The molecule has 0 bridgehead atoms. The van der Waals surface area contributed by atoms with E-state index in [4.69, 9.17) is 15.6 Å². The SMILES string of the molecule is N#CCCC(C#N)CC(=O)O. The van der Waals surface area contributed by atoms with Gasteiger partial charge >= 0.3 is 5.97 Å². The third kappa shape index (κ3) is 4.92. The lowest BCUT2D eigenvalue weighted by atomic mass is 10.0. The second-order valence-corrected chi connectivity index (χ2v) is 2.12. The van der Waals surface area contributed by atoms with E-state index in [-0.39, 0.29) is 12.8 Å². The van der Waals surface area contributed by atoms with Gasteiger partial charge in [0.15, 0.2) is 0 Å². The Morgan fingerprint density at radius 3 is 2.55 bits per heavy atom. The summed E-state index contributed by atoms with van der Waals surface area (Å²) in [5.74, 6) is -1.51. The summed E-state index contributed by atoms with van der Waals surface area (Å²) in [5.41, 5.74) is 0. The van der Waals surface area contributed by atoms with Crippen LogP contribution in [0.1, 0.15) is 19.3 Å². The van der Waals surface area contributed by atoms with Gasteiger partial charge in [0.1, 0.15) is 0 Å². The van der Waals surface area contributed by atoms with E-state index in [0.29, 0.717) is 6.42 Å². The first-order valence-electron chi connectivity index (χ1n) is 3.19. The molecule has 0 radical (unpaired) electrons. The molecule has 0 saturated carbocycles. The van der Waals surface area contributed by atoms with Crippen molar-refractivity contribution in [1.29, 1.82) is 10.5 Å². The van der Waals surface area contributed by atoms with Crippen molar-refractivity contribution in [2.75, 3.05) is 0 Å². The molecule has 0 aromatic carbocycles. The van der Waals surface area contributed by atoms with Crippen LogP contribution >= 0.6 is 0 Å². The van der Waals surface area contributed by atoms with E-state index >= 15 is 0 Å². The van der Waals surface area contributed by atoms with E-state index in [1.54, 1.807) is 0 Å². The normalized spacial score (nSPS) is 11.1. The van der Waals surface area contributed by atoms with E-state index in [1.807, 2.05) is 12.1 Å². The third-order valence-corrected chi connectivity index (χ3v) is 1.21. The number of carboxylic acids is 1. The predicted octanol–water partition coefficient (Wildman–Crippen LogP) is 0.905. The molecule has 58 valence electrons. The second-order valence-electron chi connectivity index (χ2n) is 2.12. The Bertz CT molecular complexity index is 211. The van der Waals surface area contributed by atoms with Gasteiger partial charge < -0.3 is 5.11 Å². The van der Waals surface area contributed by atoms with Crippen molar-refractivity contribution >= 4 is 5.97 Å². The van der Waals surface area contributed by atoms with Crippen LogP contribution in [-0.4, -0.2) is 11.1 Å². The zero-order chi connectivity index (χ0) is 8.69. The van der Waals surface area contributed by atoms with Crippen molar-refractivity contribution in [3.8, 4) is 12.1 Å². The Balaban J connectivity index is 3.71. The smallest absolute Gasteiger partial charge is 0.304 e. The molecule has 0 aliphatic heterocycles. The molecule has 0 fully saturated rings. The number of nitriles is 2. The topological polar surface area (TPSA) is 84.9 Å². The number of hydrogen-bond acceptors (Lipinski definition) is 3. The molecule has 11 heavy (non-hydrogen) atoms. The highest BCUT2D eigenvalue weighted by Gasteiger charge is 2.10. The molecule has 0 aromatic rings. The Morgan fingerprint density at radius 1 is 1.55 bits per heavy atom. The average molecular weight is 152 g/mol. The highest BCUT2D eigenvalue weighted by Crippen LogP contribution is 2.08. The van der Waals surface area contributed by atoms with Crippen LogP contribution in [0.15, 0.2) is 0 Å². The van der Waals surface area contributed by atoms with E-state index in [2.05, 4.69) is 0 Å². The number of aliphatic carboxylic acids is 1. The van der Waals surface area contributed by atoms with Gasteiger partial charge in [0.25, 0.3) is 0 Å². The molecular formula is C7H8N2O2. The third-order valence-electron chi connectivity index (χ3n) is 1.21. The predicted molar refractivity (Wildman–Crippen MR) is 36.2 cm³/mol. The lowest BCUT2D eigenvalue weighted by Crippen LogP contribution is -2.05. The van der Waals surface area contributed by atoms with Crippen molar-refractivity contribution < 1.29 is 9.90 Å². The van der Waals surface area contributed by atoms with Crippen LogP contribution in [0.2, 0.25) is 0 Å². The van der Waals surface area contributed by atoms with Crippen molar-refractivity contribution in [2.45, 2.75) is 19.3 Å². The highest BCUT2D eigenvalue weighted by atomic mass is 16.4. The lowest BCUT2D eigenvalue weighted by Gasteiger charge is -2.00. The van der Waals surface area contributed by atoms with Crippen LogP contribution in [0.3, 0.4) is 0 Å². The first-order chi connectivity index (χ1) is 5.20. The van der Waals surface area contributed by atoms with Crippen LogP contribution in [0.25, 0.3) is 0 Å².